The second kappa shape index (κ2) is 15.9. The Balaban J connectivity index is 1.63. The number of aromatic amines is 1. The zero-order valence-corrected chi connectivity index (χ0v) is 22.5. The fraction of sp³-hybridized carbons (Fsp3) is 0.370. The molecule has 15 heteroatoms. The van der Waals surface area contributed by atoms with Gasteiger partial charge in [0.2, 0.25) is 12.1 Å². The summed E-state index contributed by atoms with van der Waals surface area (Å²) in [6, 6.07) is 12.1. The average molecular weight is 607 g/mol. The van der Waals surface area contributed by atoms with Crippen molar-refractivity contribution in [2.24, 2.45) is 0 Å². The molecule has 2 heterocycles. The van der Waals surface area contributed by atoms with Crippen LogP contribution in [-0.2, 0) is 42.9 Å². The molecule has 0 spiro atoms. The van der Waals surface area contributed by atoms with Gasteiger partial charge < -0.3 is 47.6 Å². The number of H-pyrrole nitrogens is 1. The zero-order valence-electron chi connectivity index (χ0n) is 25.8. The van der Waals surface area contributed by atoms with Gasteiger partial charge in [0.15, 0.2) is 0 Å². The molecule has 5 atom stereocenters. The smallest absolute Gasteiger partial charge is 0.229 e. The molecule has 0 bridgehead atoms. The molecule has 0 aliphatic carbocycles. The van der Waals surface area contributed by atoms with Crippen LogP contribution in [0, 0.1) is 0 Å². The predicted molar refractivity (Wildman–Crippen MR) is 144 cm³/mol. The lowest BCUT2D eigenvalue weighted by Gasteiger charge is -2.45. The van der Waals surface area contributed by atoms with Crippen LogP contribution in [0.2, 0.25) is 5.02 Å². The fourth-order valence-electron chi connectivity index (χ4n) is 4.28. The number of tetrazole rings is 1. The van der Waals surface area contributed by atoms with Crippen LogP contribution in [0.5, 0.6) is 5.75 Å². The molecule has 14 nitrogen and oxygen atoms in total. The number of halogens is 1. The first kappa shape index (κ1) is 25.8. The predicted octanol–water partition coefficient (Wildman–Crippen LogP) is 1.26. The van der Waals surface area contributed by atoms with Gasteiger partial charge in [-0.25, -0.2) is 0 Å². The van der Waals surface area contributed by atoms with Gasteiger partial charge in [0.1, 0.15) is 87.1 Å². The van der Waals surface area contributed by atoms with Crippen molar-refractivity contribution in [1.29, 1.82) is 0 Å². The molecule has 0 amide bonds. The number of rotatable bonds is 17. The van der Waals surface area contributed by atoms with Crippen molar-refractivity contribution >= 4 is 36.6 Å². The highest BCUT2D eigenvalue weighted by molar-refractivity contribution is 6.32. The summed E-state index contributed by atoms with van der Waals surface area (Å²) < 4.78 is 63.0. The SMILES string of the molecule is [2H]C(=O)COC[C@H]1OC(Oc2ccc(-c3ccc(-c4nn[nH]n4)cc3)cc2Cl)[C@@H](OCC([2H])=O)[C@@H](OCC([2H])=O)[C@@H]1OCC([2H])=O. The molecular weight excluding hydrogens is 576 g/mol. The van der Waals surface area contributed by atoms with E-state index in [4.69, 9.17) is 45.5 Å². The number of carbonyl (C=O) groups is 4. The van der Waals surface area contributed by atoms with Gasteiger partial charge in [-0.2, -0.15) is 5.21 Å². The molecule has 1 N–H and O–H groups in total. The molecular formula is C27H27ClN4O10. The van der Waals surface area contributed by atoms with Crippen LogP contribution >= 0.6 is 11.6 Å². The third-order valence-corrected chi connectivity index (χ3v) is 6.33. The maximum Gasteiger partial charge on any atom is 0.229 e. The molecule has 1 aliphatic heterocycles. The zero-order chi connectivity index (χ0) is 33.2. The summed E-state index contributed by atoms with van der Waals surface area (Å²) in [6.07, 6.45) is -11.2. The number of nitrogens with one attached hydrogen (secondary N) is 1. The topological polar surface area (TPSA) is 178 Å². The number of ether oxygens (including phenoxy) is 6. The van der Waals surface area contributed by atoms with E-state index in [1.807, 2.05) is 12.1 Å². The van der Waals surface area contributed by atoms with Gasteiger partial charge in [-0.3, -0.25) is 0 Å². The molecule has 1 aliphatic rings. The molecule has 42 heavy (non-hydrogen) atoms. The van der Waals surface area contributed by atoms with Gasteiger partial charge in [0.05, 0.1) is 11.6 Å². The molecule has 0 saturated carbocycles. The van der Waals surface area contributed by atoms with E-state index in [-0.39, 0.29) is 10.8 Å². The lowest BCUT2D eigenvalue weighted by Crippen LogP contribution is -2.63. The van der Waals surface area contributed by atoms with Gasteiger partial charge in [0.25, 0.3) is 0 Å². The summed E-state index contributed by atoms with van der Waals surface area (Å²) in [7, 11) is 0. The normalized spacial score (nSPS) is 23.2. The van der Waals surface area contributed by atoms with Gasteiger partial charge in [-0.05, 0) is 28.5 Å². The number of aldehydes is 4. The third kappa shape index (κ3) is 7.88. The van der Waals surface area contributed by atoms with E-state index in [2.05, 4.69) is 20.6 Å². The molecule has 1 fully saturated rings. The van der Waals surface area contributed by atoms with E-state index in [1.54, 1.807) is 24.3 Å². The Morgan fingerprint density at radius 2 is 1.45 bits per heavy atom. The van der Waals surface area contributed by atoms with Gasteiger partial charge in [-0.1, -0.05) is 41.9 Å². The first-order valence-electron chi connectivity index (χ1n) is 14.4. The monoisotopic (exact) mass is 606 g/mol. The summed E-state index contributed by atoms with van der Waals surface area (Å²) in [6.45, 7) is -3.33. The largest absolute Gasteiger partial charge is 0.460 e. The first-order valence-corrected chi connectivity index (χ1v) is 12.8. The maximum absolute atomic E-state index is 11.5. The van der Waals surface area contributed by atoms with Gasteiger partial charge >= 0.3 is 0 Å². The van der Waals surface area contributed by atoms with E-state index in [0.717, 1.165) is 11.1 Å². The van der Waals surface area contributed by atoms with E-state index in [9.17, 15) is 19.2 Å². The third-order valence-electron chi connectivity index (χ3n) is 6.04. The highest BCUT2D eigenvalue weighted by Crippen LogP contribution is 2.35. The number of hydrogen-bond acceptors (Lipinski definition) is 13. The molecule has 222 valence electrons. The van der Waals surface area contributed by atoms with Crippen molar-refractivity contribution < 1.29 is 53.1 Å². The van der Waals surface area contributed by atoms with E-state index >= 15 is 0 Å². The summed E-state index contributed by atoms with van der Waals surface area (Å²) in [5, 5.41) is 13.9. The van der Waals surface area contributed by atoms with Crippen molar-refractivity contribution in [3.63, 3.8) is 0 Å². The summed E-state index contributed by atoms with van der Waals surface area (Å²) >= 11 is 6.59. The second-order valence-electron chi connectivity index (χ2n) is 8.54. The quantitative estimate of drug-likeness (QED) is 0.217. The Labute approximate surface area is 250 Å². The Bertz CT molecular complexity index is 1520. The Kier molecular flexibility index (Phi) is 9.76. The number of carbonyl (C=O) groups excluding carboxylic acids is 4. The van der Waals surface area contributed by atoms with Crippen LogP contribution < -0.4 is 4.74 Å². The standard InChI is InChI=1S/C27H27ClN4O10/c28-20-15-19(17-1-3-18(4-2-17)26-29-31-32-30-26)5-6-21(20)41-27-25(40-14-10-36)24(39-13-9-35)23(38-12-8-34)22(42-27)16-37-11-7-33/h1-10,15,22-25,27H,11-14,16H2,(H,29,30,31,32)/t22-,23-,24+,25+,27?/m1/s1/i7D,8D,9D,10D. The molecule has 3 aromatic rings. The molecule has 2 aromatic carbocycles. The Hall–Kier alpha value is -3.92. The minimum Gasteiger partial charge on any atom is -0.460 e. The van der Waals surface area contributed by atoms with Crippen LogP contribution in [0.15, 0.2) is 42.5 Å². The molecule has 1 saturated heterocycles. The van der Waals surface area contributed by atoms with E-state index in [0.29, 0.717) is 11.4 Å². The van der Waals surface area contributed by atoms with Crippen molar-refractivity contribution in [1.82, 2.24) is 20.6 Å². The van der Waals surface area contributed by atoms with Crippen molar-refractivity contribution in [2.45, 2.75) is 30.7 Å². The molecule has 4 rings (SSSR count). The molecule has 1 unspecified atom stereocenters. The number of hydrogen-bond donors (Lipinski definition) is 1. The van der Waals surface area contributed by atoms with E-state index < -0.39 is 88.8 Å². The lowest BCUT2D eigenvalue weighted by atomic mass is 9.98. The summed E-state index contributed by atoms with van der Waals surface area (Å²) in [5.74, 6) is 0.509. The van der Waals surface area contributed by atoms with Crippen LogP contribution in [-0.4, -0.2) is 109 Å². The number of benzene rings is 2. The van der Waals surface area contributed by atoms with Gasteiger partial charge in [0, 0.05) is 5.56 Å². The Morgan fingerprint density at radius 3 is 2.07 bits per heavy atom. The second-order valence-corrected chi connectivity index (χ2v) is 8.95. The maximum atomic E-state index is 11.5. The summed E-state index contributed by atoms with van der Waals surface area (Å²) in [4.78, 5) is 45.7. The summed E-state index contributed by atoms with van der Waals surface area (Å²) in [5.41, 5.74) is 2.24. The number of aromatic nitrogens is 4. The molecule has 1 aromatic heterocycles. The van der Waals surface area contributed by atoms with Crippen LogP contribution in [0.1, 0.15) is 5.48 Å². The minimum absolute atomic E-state index is 0.0849. The fourth-order valence-corrected chi connectivity index (χ4v) is 4.50. The van der Waals surface area contributed by atoms with Crippen molar-refractivity contribution in [3.05, 3.63) is 47.5 Å². The van der Waals surface area contributed by atoms with Crippen molar-refractivity contribution in [2.75, 3.05) is 33.0 Å². The molecule has 0 radical (unpaired) electrons. The van der Waals surface area contributed by atoms with Crippen LogP contribution in [0.25, 0.3) is 22.5 Å². The highest BCUT2D eigenvalue weighted by Gasteiger charge is 2.49. The Morgan fingerprint density at radius 1 is 0.833 bits per heavy atom. The first-order chi connectivity index (χ1) is 22.0. The van der Waals surface area contributed by atoms with Gasteiger partial charge in [-0.15, -0.1) is 10.2 Å². The minimum atomic E-state index is -1.48. The average Bonchev–Trinajstić information content (AvgIpc) is 3.55. The number of nitrogens with zero attached hydrogens (tertiary/aromatic N) is 3. The van der Waals surface area contributed by atoms with E-state index in [1.165, 1.54) is 6.07 Å². The van der Waals surface area contributed by atoms with Crippen LogP contribution in [0.4, 0.5) is 0 Å². The lowest BCUT2D eigenvalue weighted by molar-refractivity contribution is -0.299. The highest BCUT2D eigenvalue weighted by atomic mass is 35.5. The van der Waals surface area contributed by atoms with Crippen molar-refractivity contribution in [3.8, 4) is 28.3 Å². The van der Waals surface area contributed by atoms with Crippen LogP contribution in [0.3, 0.4) is 0 Å².